The average molecular weight is 292 g/mol. The summed E-state index contributed by atoms with van der Waals surface area (Å²) >= 11 is 7.39. The molecule has 2 heterocycles. The van der Waals surface area contributed by atoms with E-state index in [4.69, 9.17) is 11.6 Å². The van der Waals surface area contributed by atoms with Crippen molar-refractivity contribution in [2.24, 2.45) is 4.99 Å². The summed E-state index contributed by atoms with van der Waals surface area (Å²) in [6, 6.07) is 5.29. The molecule has 6 heteroatoms. The Kier molecular flexibility index (Phi) is 3.08. The SMILES string of the molecule is CCN1C(=O)c2cc(Cl)ccc2/C1=N/c1nccs1. The smallest absolute Gasteiger partial charge is 0.260 e. The van der Waals surface area contributed by atoms with E-state index in [0.717, 1.165) is 5.56 Å². The first kappa shape index (κ1) is 12.3. The predicted molar refractivity (Wildman–Crippen MR) is 76.5 cm³/mol. The van der Waals surface area contributed by atoms with E-state index in [1.807, 2.05) is 18.4 Å². The molecular weight excluding hydrogens is 282 g/mol. The maximum absolute atomic E-state index is 12.3. The van der Waals surface area contributed by atoms with Crippen molar-refractivity contribution < 1.29 is 4.79 Å². The van der Waals surface area contributed by atoms with E-state index in [1.54, 1.807) is 23.2 Å². The number of halogens is 1. The van der Waals surface area contributed by atoms with Gasteiger partial charge < -0.3 is 0 Å². The van der Waals surface area contributed by atoms with Gasteiger partial charge in [-0.1, -0.05) is 11.6 Å². The van der Waals surface area contributed by atoms with E-state index < -0.39 is 0 Å². The molecule has 4 nitrogen and oxygen atoms in total. The number of hydrogen-bond donors (Lipinski definition) is 0. The highest BCUT2D eigenvalue weighted by Gasteiger charge is 2.32. The second kappa shape index (κ2) is 4.75. The first-order valence-electron chi connectivity index (χ1n) is 5.80. The van der Waals surface area contributed by atoms with Gasteiger partial charge in [-0.15, -0.1) is 11.3 Å². The van der Waals surface area contributed by atoms with Crippen molar-refractivity contribution in [3.05, 3.63) is 45.9 Å². The number of rotatable bonds is 2. The van der Waals surface area contributed by atoms with Gasteiger partial charge in [0.1, 0.15) is 5.84 Å². The summed E-state index contributed by atoms with van der Waals surface area (Å²) in [5.41, 5.74) is 1.41. The molecule has 1 aliphatic heterocycles. The summed E-state index contributed by atoms with van der Waals surface area (Å²) in [5, 5.41) is 3.05. The van der Waals surface area contributed by atoms with Gasteiger partial charge in [-0.3, -0.25) is 9.69 Å². The van der Waals surface area contributed by atoms with Crippen molar-refractivity contribution in [1.82, 2.24) is 9.88 Å². The maximum atomic E-state index is 12.3. The van der Waals surface area contributed by atoms with Crippen LogP contribution in [0, 0.1) is 0 Å². The van der Waals surface area contributed by atoms with Crippen molar-refractivity contribution in [2.75, 3.05) is 6.54 Å². The van der Waals surface area contributed by atoms with E-state index in [9.17, 15) is 4.79 Å². The zero-order chi connectivity index (χ0) is 13.4. The maximum Gasteiger partial charge on any atom is 0.260 e. The molecule has 0 aliphatic carbocycles. The number of aliphatic imine (C=N–C) groups is 1. The fourth-order valence-electron chi connectivity index (χ4n) is 2.05. The number of carbonyl (C=O) groups is 1. The molecule has 19 heavy (non-hydrogen) atoms. The highest BCUT2D eigenvalue weighted by Crippen LogP contribution is 2.28. The summed E-state index contributed by atoms with van der Waals surface area (Å²) in [4.78, 5) is 22.5. The van der Waals surface area contributed by atoms with Crippen molar-refractivity contribution in [3.63, 3.8) is 0 Å². The minimum atomic E-state index is -0.0599. The number of hydrogen-bond acceptors (Lipinski definition) is 4. The lowest BCUT2D eigenvalue weighted by atomic mass is 10.1. The fraction of sp³-hybridized carbons (Fsp3) is 0.154. The highest BCUT2D eigenvalue weighted by molar-refractivity contribution is 7.13. The van der Waals surface area contributed by atoms with Crippen LogP contribution in [0.3, 0.4) is 0 Å². The van der Waals surface area contributed by atoms with E-state index in [1.165, 1.54) is 11.3 Å². The third-order valence-corrected chi connectivity index (χ3v) is 3.79. The van der Waals surface area contributed by atoms with Crippen LogP contribution in [0.15, 0.2) is 34.8 Å². The van der Waals surface area contributed by atoms with E-state index >= 15 is 0 Å². The average Bonchev–Trinajstić information content (AvgIpc) is 2.99. The molecule has 1 aromatic carbocycles. The number of thiazole rings is 1. The van der Waals surface area contributed by atoms with Crippen LogP contribution in [0.4, 0.5) is 5.13 Å². The summed E-state index contributed by atoms with van der Waals surface area (Å²) in [5.74, 6) is 0.587. The topological polar surface area (TPSA) is 45.6 Å². The zero-order valence-electron chi connectivity index (χ0n) is 10.1. The third-order valence-electron chi connectivity index (χ3n) is 2.89. The Hall–Kier alpha value is -1.72. The van der Waals surface area contributed by atoms with Crippen molar-refractivity contribution in [3.8, 4) is 0 Å². The van der Waals surface area contributed by atoms with Crippen LogP contribution >= 0.6 is 22.9 Å². The zero-order valence-corrected chi connectivity index (χ0v) is 11.7. The van der Waals surface area contributed by atoms with Crippen LogP contribution in [0.25, 0.3) is 0 Å². The lowest BCUT2D eigenvalue weighted by Crippen LogP contribution is -2.29. The quantitative estimate of drug-likeness (QED) is 0.852. The minimum Gasteiger partial charge on any atom is -0.292 e. The molecule has 0 fully saturated rings. The molecule has 0 atom stereocenters. The number of amides is 1. The second-order valence-corrected chi connectivity index (χ2v) is 5.30. The van der Waals surface area contributed by atoms with Gasteiger partial charge in [-0.25, -0.2) is 9.98 Å². The van der Waals surface area contributed by atoms with Gasteiger partial charge in [-0.05, 0) is 25.1 Å². The van der Waals surface area contributed by atoms with Gasteiger partial charge in [-0.2, -0.15) is 0 Å². The lowest BCUT2D eigenvalue weighted by Gasteiger charge is -2.13. The van der Waals surface area contributed by atoms with E-state index in [0.29, 0.717) is 28.1 Å². The number of amidine groups is 1. The first-order chi connectivity index (χ1) is 9.20. The molecular formula is C13H10ClN3OS. The first-order valence-corrected chi connectivity index (χ1v) is 7.06. The Bertz CT molecular complexity index is 667. The van der Waals surface area contributed by atoms with Crippen LogP contribution in [0.5, 0.6) is 0 Å². The van der Waals surface area contributed by atoms with Crippen LogP contribution < -0.4 is 0 Å². The Morgan fingerprint density at radius 1 is 1.42 bits per heavy atom. The van der Waals surface area contributed by atoms with Crippen molar-refractivity contribution in [1.29, 1.82) is 0 Å². The third kappa shape index (κ3) is 2.05. The Morgan fingerprint density at radius 2 is 2.26 bits per heavy atom. The molecule has 1 aliphatic rings. The number of carbonyl (C=O) groups excluding carboxylic acids is 1. The molecule has 1 aromatic heterocycles. The van der Waals surface area contributed by atoms with Gasteiger partial charge >= 0.3 is 0 Å². The Labute approximate surface area is 119 Å². The summed E-state index contributed by atoms with van der Waals surface area (Å²) in [7, 11) is 0. The molecule has 0 N–H and O–H groups in total. The Morgan fingerprint density at radius 3 is 2.95 bits per heavy atom. The molecule has 0 spiro atoms. The fourth-order valence-corrected chi connectivity index (χ4v) is 2.73. The minimum absolute atomic E-state index is 0.0599. The highest BCUT2D eigenvalue weighted by atomic mass is 35.5. The van der Waals surface area contributed by atoms with Crippen LogP contribution in [-0.4, -0.2) is 28.2 Å². The second-order valence-electron chi connectivity index (χ2n) is 3.99. The lowest BCUT2D eigenvalue weighted by molar-refractivity contribution is 0.0865. The molecule has 96 valence electrons. The van der Waals surface area contributed by atoms with E-state index in [2.05, 4.69) is 9.98 Å². The number of benzene rings is 1. The number of aromatic nitrogens is 1. The van der Waals surface area contributed by atoms with Gasteiger partial charge in [0.05, 0.1) is 5.56 Å². The Balaban J connectivity index is 2.16. The summed E-state index contributed by atoms with van der Waals surface area (Å²) in [6.07, 6.45) is 1.69. The molecule has 0 saturated carbocycles. The van der Waals surface area contributed by atoms with Crippen LogP contribution in [-0.2, 0) is 0 Å². The van der Waals surface area contributed by atoms with Crippen molar-refractivity contribution >= 4 is 39.8 Å². The molecule has 1 amide bonds. The molecule has 0 bridgehead atoms. The van der Waals surface area contributed by atoms with Gasteiger partial charge in [0.25, 0.3) is 5.91 Å². The van der Waals surface area contributed by atoms with Gasteiger partial charge in [0.15, 0.2) is 0 Å². The molecule has 2 aromatic rings. The van der Waals surface area contributed by atoms with Crippen molar-refractivity contribution in [2.45, 2.75) is 6.92 Å². The van der Waals surface area contributed by atoms with Gasteiger partial charge in [0.2, 0.25) is 5.13 Å². The summed E-state index contributed by atoms with van der Waals surface area (Å²) in [6.45, 7) is 2.48. The predicted octanol–water partition coefficient (Wildman–Crippen LogP) is 3.35. The standard InChI is InChI=1S/C13H10ClN3OS/c1-2-17-11(16-13-15-5-6-19-13)9-4-3-8(14)7-10(9)12(17)18/h3-7H,2H2,1H3/b16-11-. The number of fused-ring (bicyclic) bond motifs is 1. The monoisotopic (exact) mass is 291 g/mol. The van der Waals surface area contributed by atoms with Crippen LogP contribution in [0.1, 0.15) is 22.8 Å². The molecule has 0 radical (unpaired) electrons. The molecule has 3 rings (SSSR count). The van der Waals surface area contributed by atoms with Gasteiger partial charge in [0, 0.05) is 28.7 Å². The number of nitrogens with zero attached hydrogens (tertiary/aromatic N) is 3. The normalized spacial score (nSPS) is 16.2. The largest absolute Gasteiger partial charge is 0.292 e. The molecule has 0 saturated heterocycles. The van der Waals surface area contributed by atoms with Crippen LogP contribution in [0.2, 0.25) is 5.02 Å². The van der Waals surface area contributed by atoms with E-state index in [-0.39, 0.29) is 5.91 Å². The summed E-state index contributed by atoms with van der Waals surface area (Å²) < 4.78 is 0. The molecule has 0 unspecified atom stereocenters.